The third-order valence-corrected chi connectivity index (χ3v) is 3.90. The third-order valence-electron chi connectivity index (χ3n) is 3.90. The number of fused-ring (bicyclic) bond motifs is 1. The second-order valence-electron chi connectivity index (χ2n) is 5.47. The highest BCUT2D eigenvalue weighted by molar-refractivity contribution is 5.94. The second-order valence-corrected chi connectivity index (χ2v) is 5.47. The predicted octanol–water partition coefficient (Wildman–Crippen LogP) is 2.48. The number of aromatic nitrogens is 5. The van der Waals surface area contributed by atoms with Gasteiger partial charge in [0.2, 0.25) is 0 Å². The van der Waals surface area contributed by atoms with E-state index in [2.05, 4.69) is 26.1 Å². The summed E-state index contributed by atoms with van der Waals surface area (Å²) in [6.45, 7) is 0.536. The topological polar surface area (TPSA) is 85.4 Å². The van der Waals surface area contributed by atoms with Crippen molar-refractivity contribution >= 4 is 11.0 Å². The van der Waals surface area contributed by atoms with Crippen molar-refractivity contribution in [2.24, 2.45) is 12.8 Å². The van der Waals surface area contributed by atoms with Gasteiger partial charge in [-0.05, 0) is 11.6 Å². The lowest BCUT2D eigenvalue weighted by atomic mass is 10.1. The molecule has 23 heavy (non-hydrogen) atoms. The summed E-state index contributed by atoms with van der Waals surface area (Å²) < 4.78 is 1.78. The highest BCUT2D eigenvalue weighted by Crippen LogP contribution is 2.29. The molecule has 4 rings (SSSR count). The molecular weight excluding hydrogens is 288 g/mol. The summed E-state index contributed by atoms with van der Waals surface area (Å²) in [6.07, 6.45) is 5.37. The Bertz CT molecular complexity index is 964. The fourth-order valence-corrected chi connectivity index (χ4v) is 2.68. The molecule has 0 saturated heterocycles. The first kappa shape index (κ1) is 13.7. The van der Waals surface area contributed by atoms with Crippen molar-refractivity contribution in [3.05, 3.63) is 54.6 Å². The second kappa shape index (κ2) is 5.33. The molecule has 0 radical (unpaired) electrons. The van der Waals surface area contributed by atoms with Gasteiger partial charge in [-0.2, -0.15) is 5.10 Å². The van der Waals surface area contributed by atoms with Gasteiger partial charge in [-0.15, -0.1) is 0 Å². The molecular formula is C17H16N6. The van der Waals surface area contributed by atoms with Crippen molar-refractivity contribution in [3.8, 4) is 22.5 Å². The van der Waals surface area contributed by atoms with E-state index in [1.807, 2.05) is 43.7 Å². The number of nitrogens with two attached hydrogens (primary N) is 1. The molecule has 3 aromatic heterocycles. The minimum Gasteiger partial charge on any atom is -0.339 e. The molecule has 0 saturated carbocycles. The fourth-order valence-electron chi connectivity index (χ4n) is 2.68. The van der Waals surface area contributed by atoms with Crippen LogP contribution in [0.1, 0.15) is 5.56 Å². The molecule has 1 aromatic carbocycles. The molecule has 6 nitrogen and oxygen atoms in total. The van der Waals surface area contributed by atoms with Gasteiger partial charge in [0.05, 0.1) is 17.6 Å². The van der Waals surface area contributed by atoms with Crippen LogP contribution in [0.15, 0.2) is 49.1 Å². The molecule has 0 fully saturated rings. The van der Waals surface area contributed by atoms with Crippen LogP contribution in [0.25, 0.3) is 33.5 Å². The average molecular weight is 304 g/mol. The standard InChI is InChI=1S/C17H16N6/c1-23-9-13(8-21-23)15-6-14-16(19-10-20-17(14)22-15)12-4-2-11(7-18)3-5-12/h2-6,8-10H,7,18H2,1H3,(H,19,20,22). The third kappa shape index (κ3) is 2.39. The van der Waals surface area contributed by atoms with E-state index in [-0.39, 0.29) is 0 Å². The van der Waals surface area contributed by atoms with Crippen LogP contribution in [0.4, 0.5) is 0 Å². The van der Waals surface area contributed by atoms with Gasteiger partial charge in [-0.3, -0.25) is 4.68 Å². The number of aromatic amines is 1. The molecule has 0 aliphatic rings. The maximum absolute atomic E-state index is 5.66. The highest BCUT2D eigenvalue weighted by Gasteiger charge is 2.11. The van der Waals surface area contributed by atoms with Crippen molar-refractivity contribution in [2.75, 3.05) is 0 Å². The summed E-state index contributed by atoms with van der Waals surface area (Å²) >= 11 is 0. The molecule has 6 heteroatoms. The summed E-state index contributed by atoms with van der Waals surface area (Å²) in [7, 11) is 1.90. The fraction of sp³-hybridized carbons (Fsp3) is 0.118. The number of H-pyrrole nitrogens is 1. The van der Waals surface area contributed by atoms with E-state index in [0.717, 1.165) is 39.1 Å². The molecule has 0 amide bonds. The molecule has 0 bridgehead atoms. The number of nitrogens with zero attached hydrogens (tertiary/aromatic N) is 4. The average Bonchev–Trinajstić information content (AvgIpc) is 3.20. The van der Waals surface area contributed by atoms with Gasteiger partial charge in [-0.25, -0.2) is 9.97 Å². The van der Waals surface area contributed by atoms with Crippen LogP contribution in [0.3, 0.4) is 0 Å². The molecule has 3 heterocycles. The van der Waals surface area contributed by atoms with E-state index in [1.165, 1.54) is 0 Å². The van der Waals surface area contributed by atoms with Crippen molar-refractivity contribution in [1.82, 2.24) is 24.7 Å². The Balaban J connectivity index is 1.85. The van der Waals surface area contributed by atoms with Gasteiger partial charge in [0.15, 0.2) is 0 Å². The number of nitrogens with one attached hydrogen (secondary N) is 1. The molecule has 0 atom stereocenters. The normalized spacial score (nSPS) is 11.2. The minimum absolute atomic E-state index is 0.536. The van der Waals surface area contributed by atoms with E-state index in [9.17, 15) is 0 Å². The molecule has 4 aromatic rings. The summed E-state index contributed by atoms with van der Waals surface area (Å²) in [5.41, 5.74) is 11.5. The highest BCUT2D eigenvalue weighted by atomic mass is 15.2. The lowest BCUT2D eigenvalue weighted by Gasteiger charge is -2.03. The van der Waals surface area contributed by atoms with Crippen LogP contribution in [-0.4, -0.2) is 24.7 Å². The Morgan fingerprint density at radius 2 is 1.96 bits per heavy atom. The van der Waals surface area contributed by atoms with E-state index >= 15 is 0 Å². The lowest BCUT2D eigenvalue weighted by molar-refractivity contribution is 0.768. The summed E-state index contributed by atoms with van der Waals surface area (Å²) in [5, 5.41) is 5.20. The van der Waals surface area contributed by atoms with Crippen molar-refractivity contribution in [1.29, 1.82) is 0 Å². The zero-order chi connectivity index (χ0) is 15.8. The largest absolute Gasteiger partial charge is 0.339 e. The summed E-state index contributed by atoms with van der Waals surface area (Å²) in [4.78, 5) is 12.1. The van der Waals surface area contributed by atoms with Crippen LogP contribution in [0.5, 0.6) is 0 Å². The Kier molecular flexibility index (Phi) is 3.17. The van der Waals surface area contributed by atoms with Crippen LogP contribution < -0.4 is 5.73 Å². The van der Waals surface area contributed by atoms with Gasteiger partial charge in [-0.1, -0.05) is 24.3 Å². The van der Waals surface area contributed by atoms with Crippen LogP contribution in [0, 0.1) is 0 Å². The monoisotopic (exact) mass is 304 g/mol. The number of benzene rings is 1. The van der Waals surface area contributed by atoms with E-state index < -0.39 is 0 Å². The Hall–Kier alpha value is -2.99. The first-order valence-corrected chi connectivity index (χ1v) is 7.37. The Morgan fingerprint density at radius 3 is 2.65 bits per heavy atom. The minimum atomic E-state index is 0.536. The molecule has 0 aliphatic heterocycles. The zero-order valence-electron chi connectivity index (χ0n) is 12.7. The Morgan fingerprint density at radius 1 is 1.13 bits per heavy atom. The lowest BCUT2D eigenvalue weighted by Crippen LogP contribution is -1.95. The van der Waals surface area contributed by atoms with Gasteiger partial charge >= 0.3 is 0 Å². The number of aryl methyl sites for hydroxylation is 1. The van der Waals surface area contributed by atoms with Crippen molar-refractivity contribution in [2.45, 2.75) is 6.54 Å². The van der Waals surface area contributed by atoms with Gasteiger partial charge < -0.3 is 10.7 Å². The number of hydrogen-bond donors (Lipinski definition) is 2. The zero-order valence-corrected chi connectivity index (χ0v) is 12.7. The van der Waals surface area contributed by atoms with Gasteiger partial charge in [0.25, 0.3) is 0 Å². The number of rotatable bonds is 3. The van der Waals surface area contributed by atoms with E-state index in [4.69, 9.17) is 5.73 Å². The molecule has 0 aliphatic carbocycles. The molecule has 114 valence electrons. The molecule has 0 unspecified atom stereocenters. The van der Waals surface area contributed by atoms with Crippen molar-refractivity contribution in [3.63, 3.8) is 0 Å². The summed E-state index contributed by atoms with van der Waals surface area (Å²) in [6, 6.07) is 10.2. The Labute approximate surface area is 133 Å². The van der Waals surface area contributed by atoms with Crippen LogP contribution >= 0.6 is 0 Å². The first-order valence-electron chi connectivity index (χ1n) is 7.37. The van der Waals surface area contributed by atoms with Crippen LogP contribution in [0.2, 0.25) is 0 Å². The first-order chi connectivity index (χ1) is 11.2. The molecule has 0 spiro atoms. The maximum Gasteiger partial charge on any atom is 0.141 e. The van der Waals surface area contributed by atoms with E-state index in [1.54, 1.807) is 11.0 Å². The van der Waals surface area contributed by atoms with Crippen LogP contribution in [-0.2, 0) is 13.6 Å². The molecule has 3 N–H and O–H groups in total. The smallest absolute Gasteiger partial charge is 0.141 e. The number of hydrogen-bond acceptors (Lipinski definition) is 4. The SMILES string of the molecule is Cn1cc(-c2cc3c(-c4ccc(CN)cc4)ncnc3[nH]2)cn1. The maximum atomic E-state index is 5.66. The predicted molar refractivity (Wildman–Crippen MR) is 89.4 cm³/mol. The summed E-state index contributed by atoms with van der Waals surface area (Å²) in [5.74, 6) is 0. The van der Waals surface area contributed by atoms with Gasteiger partial charge in [0.1, 0.15) is 12.0 Å². The van der Waals surface area contributed by atoms with Gasteiger partial charge in [0, 0.05) is 36.3 Å². The van der Waals surface area contributed by atoms with Crippen molar-refractivity contribution < 1.29 is 0 Å². The van der Waals surface area contributed by atoms with E-state index in [0.29, 0.717) is 6.54 Å². The quantitative estimate of drug-likeness (QED) is 0.609.